The van der Waals surface area contributed by atoms with Crippen LogP contribution in [0.3, 0.4) is 0 Å². The molecule has 0 amide bonds. The number of hydrogen-bond acceptors (Lipinski definition) is 1. The Bertz CT molecular complexity index is 244. The minimum atomic E-state index is -0.379. The van der Waals surface area contributed by atoms with Crippen molar-refractivity contribution in [3.63, 3.8) is 0 Å². The predicted molar refractivity (Wildman–Crippen MR) is 68.2 cm³/mol. The molecule has 0 bridgehead atoms. The Balaban J connectivity index is 2.18. The van der Waals surface area contributed by atoms with Crippen LogP contribution in [0.5, 0.6) is 0 Å². The molecule has 0 aromatic heterocycles. The van der Waals surface area contributed by atoms with E-state index in [4.69, 9.17) is 0 Å². The van der Waals surface area contributed by atoms with Crippen LogP contribution in [0, 0.1) is 29.6 Å². The van der Waals surface area contributed by atoms with Crippen LogP contribution in [0.15, 0.2) is 0 Å². The number of fused-ring (bicyclic) bond motifs is 1. The van der Waals surface area contributed by atoms with Crippen molar-refractivity contribution in [3.8, 4) is 0 Å². The highest BCUT2D eigenvalue weighted by molar-refractivity contribution is 4.98. The molecule has 2 saturated carbocycles. The van der Waals surface area contributed by atoms with Gasteiger partial charge >= 0.3 is 0 Å². The highest BCUT2D eigenvalue weighted by Gasteiger charge is 2.47. The van der Waals surface area contributed by atoms with Crippen LogP contribution >= 0.6 is 0 Å². The van der Waals surface area contributed by atoms with E-state index >= 15 is 0 Å². The molecular weight excluding hydrogens is 196 g/mol. The lowest BCUT2D eigenvalue weighted by Gasteiger charge is -2.52. The van der Waals surface area contributed by atoms with E-state index in [0.29, 0.717) is 5.92 Å². The Morgan fingerprint density at radius 3 is 2.50 bits per heavy atom. The summed E-state index contributed by atoms with van der Waals surface area (Å²) >= 11 is 0. The van der Waals surface area contributed by atoms with E-state index in [1.165, 1.54) is 25.7 Å². The van der Waals surface area contributed by atoms with Crippen LogP contribution in [0.25, 0.3) is 0 Å². The second-order valence-electron chi connectivity index (χ2n) is 6.99. The second kappa shape index (κ2) is 4.33. The van der Waals surface area contributed by atoms with Gasteiger partial charge in [-0.25, -0.2) is 0 Å². The Hall–Kier alpha value is -0.0400. The van der Waals surface area contributed by atoms with Gasteiger partial charge < -0.3 is 5.11 Å². The maximum absolute atomic E-state index is 10.6. The van der Waals surface area contributed by atoms with Crippen molar-refractivity contribution in [1.82, 2.24) is 0 Å². The number of hydrogen-bond donors (Lipinski definition) is 1. The van der Waals surface area contributed by atoms with Crippen LogP contribution in [0.4, 0.5) is 0 Å². The third-order valence-corrected chi connectivity index (χ3v) is 5.35. The summed E-state index contributed by atoms with van der Waals surface area (Å²) in [6.45, 7) is 9.19. The molecule has 2 aliphatic carbocycles. The fourth-order valence-electron chi connectivity index (χ4n) is 4.36. The van der Waals surface area contributed by atoms with Crippen LogP contribution in [-0.4, -0.2) is 10.7 Å². The highest BCUT2D eigenvalue weighted by Crippen LogP contribution is 2.51. The smallest absolute Gasteiger partial charge is 0.0650 e. The molecule has 0 spiro atoms. The number of rotatable bonds is 1. The summed E-state index contributed by atoms with van der Waals surface area (Å²) in [6, 6.07) is 0. The zero-order valence-electron chi connectivity index (χ0n) is 11.4. The molecule has 2 fully saturated rings. The molecule has 0 aliphatic heterocycles. The van der Waals surface area contributed by atoms with Crippen molar-refractivity contribution >= 4 is 0 Å². The monoisotopic (exact) mass is 224 g/mol. The van der Waals surface area contributed by atoms with Gasteiger partial charge in [0.25, 0.3) is 0 Å². The first-order valence-corrected chi connectivity index (χ1v) is 7.14. The highest BCUT2D eigenvalue weighted by atomic mass is 16.3. The summed E-state index contributed by atoms with van der Waals surface area (Å²) in [4.78, 5) is 0. The normalized spacial score (nSPS) is 49.1. The van der Waals surface area contributed by atoms with E-state index in [1.54, 1.807) is 0 Å². The van der Waals surface area contributed by atoms with E-state index in [9.17, 15) is 5.11 Å². The van der Waals surface area contributed by atoms with Gasteiger partial charge in [-0.3, -0.25) is 0 Å². The summed E-state index contributed by atoms with van der Waals surface area (Å²) in [5.74, 6) is 3.87. The maximum atomic E-state index is 10.6. The lowest BCUT2D eigenvalue weighted by molar-refractivity contribution is -0.109. The molecule has 94 valence electrons. The van der Waals surface area contributed by atoms with Crippen molar-refractivity contribution in [1.29, 1.82) is 0 Å². The molecule has 1 nitrogen and oxygen atoms in total. The molecule has 5 atom stereocenters. The first-order chi connectivity index (χ1) is 7.42. The molecule has 0 radical (unpaired) electrons. The van der Waals surface area contributed by atoms with Crippen LogP contribution in [-0.2, 0) is 0 Å². The Morgan fingerprint density at radius 1 is 1.19 bits per heavy atom. The summed E-state index contributed by atoms with van der Waals surface area (Å²) < 4.78 is 0. The lowest BCUT2D eigenvalue weighted by atomic mass is 9.56. The Labute approximate surface area is 101 Å². The largest absolute Gasteiger partial charge is 0.390 e. The predicted octanol–water partition coefficient (Wildman–Crippen LogP) is 3.86. The van der Waals surface area contributed by atoms with E-state index in [1.807, 2.05) is 0 Å². The zero-order chi connectivity index (χ0) is 11.9. The van der Waals surface area contributed by atoms with Gasteiger partial charge in [-0.15, -0.1) is 0 Å². The first kappa shape index (κ1) is 12.4. The van der Waals surface area contributed by atoms with Crippen molar-refractivity contribution in [2.45, 2.75) is 65.4 Å². The Kier molecular flexibility index (Phi) is 3.36. The molecule has 2 aliphatic rings. The van der Waals surface area contributed by atoms with Crippen molar-refractivity contribution < 1.29 is 5.11 Å². The second-order valence-corrected chi connectivity index (χ2v) is 6.99. The summed E-state index contributed by atoms with van der Waals surface area (Å²) in [5, 5.41) is 10.6. The summed E-state index contributed by atoms with van der Waals surface area (Å²) in [7, 11) is 0. The maximum Gasteiger partial charge on any atom is 0.0650 e. The average molecular weight is 224 g/mol. The SMILES string of the molecule is CC1CCC2C(C1)[C@@H](C(C)C)CC[C@@]2(C)O. The molecule has 1 N–H and O–H groups in total. The molecule has 0 aromatic rings. The molecule has 3 unspecified atom stereocenters. The topological polar surface area (TPSA) is 20.2 Å². The van der Waals surface area contributed by atoms with E-state index in [-0.39, 0.29) is 5.60 Å². The zero-order valence-corrected chi connectivity index (χ0v) is 11.4. The lowest BCUT2D eigenvalue weighted by Crippen LogP contribution is -2.49. The molecule has 0 heterocycles. The van der Waals surface area contributed by atoms with Crippen LogP contribution in [0.1, 0.15) is 59.8 Å². The summed E-state index contributed by atoms with van der Waals surface area (Å²) in [6.07, 6.45) is 6.18. The van der Waals surface area contributed by atoms with Gasteiger partial charge in [0.1, 0.15) is 0 Å². The number of aliphatic hydroxyl groups is 1. The molecule has 0 saturated heterocycles. The minimum Gasteiger partial charge on any atom is -0.390 e. The van der Waals surface area contributed by atoms with Gasteiger partial charge in [0.05, 0.1) is 5.60 Å². The standard InChI is InChI=1S/C15H28O/c1-10(2)12-7-8-15(4,16)14-6-5-11(3)9-13(12)14/h10-14,16H,5-9H2,1-4H3/t11?,12-,13?,14?,15-/m1/s1. The third kappa shape index (κ3) is 2.16. The molecule has 0 aromatic carbocycles. The van der Waals surface area contributed by atoms with Gasteiger partial charge in [-0.1, -0.05) is 27.2 Å². The van der Waals surface area contributed by atoms with Gasteiger partial charge in [-0.05, 0) is 62.2 Å². The van der Waals surface area contributed by atoms with Gasteiger partial charge in [0, 0.05) is 0 Å². The first-order valence-electron chi connectivity index (χ1n) is 7.14. The Morgan fingerprint density at radius 2 is 1.88 bits per heavy atom. The van der Waals surface area contributed by atoms with Gasteiger partial charge in [-0.2, -0.15) is 0 Å². The van der Waals surface area contributed by atoms with Crippen LogP contribution < -0.4 is 0 Å². The minimum absolute atomic E-state index is 0.379. The van der Waals surface area contributed by atoms with Gasteiger partial charge in [0.15, 0.2) is 0 Å². The quantitative estimate of drug-likeness (QED) is 0.717. The third-order valence-electron chi connectivity index (χ3n) is 5.35. The fraction of sp³-hybridized carbons (Fsp3) is 1.00. The van der Waals surface area contributed by atoms with Crippen LogP contribution in [0.2, 0.25) is 0 Å². The van der Waals surface area contributed by atoms with E-state index < -0.39 is 0 Å². The summed E-state index contributed by atoms with van der Waals surface area (Å²) in [5.41, 5.74) is -0.379. The average Bonchev–Trinajstić information content (AvgIpc) is 2.16. The van der Waals surface area contributed by atoms with Crippen molar-refractivity contribution in [2.75, 3.05) is 0 Å². The molecule has 16 heavy (non-hydrogen) atoms. The van der Waals surface area contributed by atoms with Gasteiger partial charge in [0.2, 0.25) is 0 Å². The van der Waals surface area contributed by atoms with E-state index in [2.05, 4.69) is 27.7 Å². The molecular formula is C15H28O. The molecule has 2 rings (SSSR count). The van der Waals surface area contributed by atoms with E-state index in [0.717, 1.165) is 30.1 Å². The molecule has 1 heteroatoms. The van der Waals surface area contributed by atoms with Crippen molar-refractivity contribution in [2.24, 2.45) is 29.6 Å². The van der Waals surface area contributed by atoms with Crippen molar-refractivity contribution in [3.05, 3.63) is 0 Å². The fourth-order valence-corrected chi connectivity index (χ4v) is 4.36.